The summed E-state index contributed by atoms with van der Waals surface area (Å²) in [7, 11) is -2.50. The van der Waals surface area contributed by atoms with Crippen LogP contribution in [-0.4, -0.2) is 67.9 Å². The first kappa shape index (κ1) is 15.3. The van der Waals surface area contributed by atoms with Crippen molar-refractivity contribution in [1.29, 1.82) is 4.78 Å². The third-order valence-corrected chi connectivity index (χ3v) is 6.20. The Bertz CT molecular complexity index is 656. The van der Waals surface area contributed by atoms with E-state index in [2.05, 4.69) is 20.1 Å². The molecule has 0 radical (unpaired) electrons. The van der Waals surface area contributed by atoms with Gasteiger partial charge in [0, 0.05) is 53.3 Å². The number of hydrogen-bond donors (Lipinski definition) is 2. The summed E-state index contributed by atoms with van der Waals surface area (Å²) in [6.07, 6.45) is 2.66. The molecule has 1 aromatic heterocycles. The topological polar surface area (TPSA) is 106 Å². The van der Waals surface area contributed by atoms with E-state index < -0.39 is 9.73 Å². The molecular weight excluding hydrogens is 304 g/mol. The van der Waals surface area contributed by atoms with Gasteiger partial charge in [0.15, 0.2) is 0 Å². The van der Waals surface area contributed by atoms with E-state index >= 15 is 0 Å². The van der Waals surface area contributed by atoms with Crippen molar-refractivity contribution >= 4 is 21.6 Å². The molecule has 0 aromatic carbocycles. The number of hydrogen-bond acceptors (Lipinski definition) is 6. The van der Waals surface area contributed by atoms with Crippen molar-refractivity contribution in [2.45, 2.75) is 25.0 Å². The fraction of sp³-hybridized carbons (Fsp3) is 0.769. The molecule has 1 unspecified atom stereocenters. The molecule has 1 atom stereocenters. The number of anilines is 1. The number of carbonyl (C=O) groups excluding carboxylic acids is 1. The number of aromatic amines is 1. The van der Waals surface area contributed by atoms with Crippen LogP contribution in [0.2, 0.25) is 0 Å². The lowest BCUT2D eigenvalue weighted by atomic mass is 9.83. The van der Waals surface area contributed by atoms with Crippen LogP contribution < -0.4 is 4.90 Å². The number of aromatic nitrogens is 3. The number of nitrogens with one attached hydrogen (secondary N) is 2. The quantitative estimate of drug-likeness (QED) is 0.826. The third-order valence-electron chi connectivity index (χ3n) is 4.54. The number of rotatable bonds is 3. The van der Waals surface area contributed by atoms with E-state index in [1.807, 2.05) is 11.8 Å². The van der Waals surface area contributed by atoms with E-state index in [0.29, 0.717) is 31.9 Å². The Labute approximate surface area is 130 Å². The molecule has 1 saturated heterocycles. The molecule has 22 heavy (non-hydrogen) atoms. The van der Waals surface area contributed by atoms with Gasteiger partial charge in [-0.15, -0.1) is 5.10 Å². The first-order valence-corrected chi connectivity index (χ1v) is 9.53. The molecule has 1 amide bonds. The van der Waals surface area contributed by atoms with Gasteiger partial charge in [-0.3, -0.25) is 14.7 Å². The summed E-state index contributed by atoms with van der Waals surface area (Å²) in [4.78, 5) is 20.7. The van der Waals surface area contributed by atoms with Gasteiger partial charge in [-0.05, 0) is 19.8 Å². The Kier molecular flexibility index (Phi) is 3.84. The number of H-pyrrole nitrogens is 1. The Morgan fingerprint density at radius 2 is 1.95 bits per heavy atom. The van der Waals surface area contributed by atoms with E-state index in [1.165, 1.54) is 6.26 Å². The van der Waals surface area contributed by atoms with E-state index in [9.17, 15) is 9.00 Å². The lowest BCUT2D eigenvalue weighted by Crippen LogP contribution is -2.53. The van der Waals surface area contributed by atoms with Gasteiger partial charge in [0.05, 0.1) is 0 Å². The highest BCUT2D eigenvalue weighted by molar-refractivity contribution is 7.92. The van der Waals surface area contributed by atoms with Gasteiger partial charge in [-0.2, -0.15) is 4.98 Å². The van der Waals surface area contributed by atoms with Crippen molar-refractivity contribution in [1.82, 2.24) is 20.1 Å². The minimum absolute atomic E-state index is 0.0478. The van der Waals surface area contributed by atoms with Crippen LogP contribution in [-0.2, 0) is 14.5 Å². The zero-order valence-electron chi connectivity index (χ0n) is 12.9. The summed E-state index contributed by atoms with van der Waals surface area (Å²) in [5, 5.41) is 6.86. The zero-order valence-corrected chi connectivity index (χ0v) is 13.7. The second-order valence-electron chi connectivity index (χ2n) is 6.23. The van der Waals surface area contributed by atoms with Crippen LogP contribution in [0.3, 0.4) is 0 Å². The van der Waals surface area contributed by atoms with Crippen LogP contribution in [0.15, 0.2) is 0 Å². The van der Waals surface area contributed by atoms with Gasteiger partial charge in [-0.25, -0.2) is 4.21 Å². The van der Waals surface area contributed by atoms with Crippen LogP contribution in [0.5, 0.6) is 0 Å². The summed E-state index contributed by atoms with van der Waals surface area (Å²) >= 11 is 0. The standard InChI is InChI=1S/C13H22N6O2S/c1-9-15-13(17-16-9)19-5-3-18(4-6-19)12(20)10-7-11(8-10)22(2,14)21/h10-11,14H,3-8H2,1-2H3,(H,15,16,17). The molecule has 122 valence electrons. The molecule has 8 nitrogen and oxygen atoms in total. The zero-order chi connectivity index (χ0) is 15.9. The Balaban J connectivity index is 1.51. The summed E-state index contributed by atoms with van der Waals surface area (Å²) in [5.74, 6) is 1.57. The molecule has 0 spiro atoms. The molecule has 1 aromatic rings. The van der Waals surface area contributed by atoms with E-state index in [1.54, 1.807) is 0 Å². The fourth-order valence-electron chi connectivity index (χ4n) is 2.99. The number of aryl methyl sites for hydroxylation is 1. The van der Waals surface area contributed by atoms with Crippen molar-refractivity contribution < 1.29 is 9.00 Å². The largest absolute Gasteiger partial charge is 0.339 e. The van der Waals surface area contributed by atoms with Crippen LogP contribution in [0.25, 0.3) is 0 Å². The van der Waals surface area contributed by atoms with Crippen molar-refractivity contribution in [3.8, 4) is 0 Å². The monoisotopic (exact) mass is 326 g/mol. The minimum Gasteiger partial charge on any atom is -0.339 e. The molecule has 0 bridgehead atoms. The van der Waals surface area contributed by atoms with Gasteiger partial charge in [0.2, 0.25) is 11.9 Å². The molecule has 2 heterocycles. The first-order valence-electron chi connectivity index (χ1n) is 7.50. The van der Waals surface area contributed by atoms with Crippen LogP contribution in [0.4, 0.5) is 5.95 Å². The van der Waals surface area contributed by atoms with Gasteiger partial charge >= 0.3 is 0 Å². The summed E-state index contributed by atoms with van der Waals surface area (Å²) < 4.78 is 19.2. The molecular formula is C13H22N6O2S. The molecule has 1 aliphatic carbocycles. The van der Waals surface area contributed by atoms with E-state index in [-0.39, 0.29) is 17.1 Å². The molecule has 1 aliphatic heterocycles. The number of amides is 1. The van der Waals surface area contributed by atoms with Crippen LogP contribution in [0.1, 0.15) is 18.7 Å². The average molecular weight is 326 g/mol. The van der Waals surface area contributed by atoms with Gasteiger partial charge < -0.3 is 9.80 Å². The van der Waals surface area contributed by atoms with Crippen molar-refractivity contribution in [3.05, 3.63) is 5.82 Å². The SMILES string of the molecule is Cc1nc(N2CCN(C(=O)C3CC(S(C)(=N)=O)C3)CC2)n[nH]1. The highest BCUT2D eigenvalue weighted by Crippen LogP contribution is 2.34. The van der Waals surface area contributed by atoms with Gasteiger partial charge in [-0.1, -0.05) is 0 Å². The van der Waals surface area contributed by atoms with E-state index in [4.69, 9.17) is 4.78 Å². The van der Waals surface area contributed by atoms with Gasteiger partial charge in [0.25, 0.3) is 0 Å². The smallest absolute Gasteiger partial charge is 0.244 e. The number of piperazine rings is 1. The Morgan fingerprint density at radius 3 is 2.45 bits per heavy atom. The van der Waals surface area contributed by atoms with Crippen molar-refractivity contribution in [2.24, 2.45) is 5.92 Å². The average Bonchev–Trinajstić information content (AvgIpc) is 2.82. The number of nitrogens with zero attached hydrogens (tertiary/aromatic N) is 4. The molecule has 2 N–H and O–H groups in total. The summed E-state index contributed by atoms with van der Waals surface area (Å²) in [6.45, 7) is 4.64. The second-order valence-corrected chi connectivity index (χ2v) is 8.70. The normalized spacial score (nSPS) is 28.1. The van der Waals surface area contributed by atoms with Crippen LogP contribution >= 0.6 is 0 Å². The maximum atomic E-state index is 12.4. The van der Waals surface area contributed by atoms with Crippen molar-refractivity contribution in [2.75, 3.05) is 37.3 Å². The highest BCUT2D eigenvalue weighted by atomic mass is 32.2. The molecule has 2 aliphatic rings. The molecule has 9 heteroatoms. The van der Waals surface area contributed by atoms with Crippen molar-refractivity contribution in [3.63, 3.8) is 0 Å². The molecule has 1 saturated carbocycles. The predicted octanol–water partition coefficient (Wildman–Crippen LogP) is 0.217. The molecule has 3 rings (SSSR count). The maximum absolute atomic E-state index is 12.4. The Hall–Kier alpha value is -1.64. The highest BCUT2D eigenvalue weighted by Gasteiger charge is 2.40. The maximum Gasteiger partial charge on any atom is 0.244 e. The lowest BCUT2D eigenvalue weighted by Gasteiger charge is -2.40. The summed E-state index contributed by atoms with van der Waals surface area (Å²) in [5.41, 5.74) is 0. The first-order chi connectivity index (χ1) is 10.3. The summed E-state index contributed by atoms with van der Waals surface area (Å²) in [6, 6.07) is 0. The lowest BCUT2D eigenvalue weighted by molar-refractivity contribution is -0.138. The number of carbonyl (C=O) groups is 1. The second kappa shape index (κ2) is 5.53. The fourth-order valence-corrected chi connectivity index (χ4v) is 4.19. The van der Waals surface area contributed by atoms with Crippen LogP contribution in [0, 0.1) is 17.6 Å². The third kappa shape index (κ3) is 2.94. The van der Waals surface area contributed by atoms with Gasteiger partial charge in [0.1, 0.15) is 5.82 Å². The minimum atomic E-state index is -2.50. The molecule has 2 fully saturated rings. The Morgan fingerprint density at radius 1 is 1.32 bits per heavy atom. The predicted molar refractivity (Wildman–Crippen MR) is 83.2 cm³/mol. The van der Waals surface area contributed by atoms with E-state index in [0.717, 1.165) is 18.9 Å².